The molecule has 0 bridgehead atoms. The topological polar surface area (TPSA) is 6.48 Å². The summed E-state index contributed by atoms with van der Waals surface area (Å²) in [5.74, 6) is 0.710. The summed E-state index contributed by atoms with van der Waals surface area (Å²) in [6.45, 7) is 0. The highest BCUT2D eigenvalue weighted by molar-refractivity contribution is 7.18. The van der Waals surface area contributed by atoms with Crippen molar-refractivity contribution in [2.75, 3.05) is 9.80 Å². The van der Waals surface area contributed by atoms with Crippen LogP contribution in [0.4, 0.5) is 34.1 Å². The van der Waals surface area contributed by atoms with Crippen molar-refractivity contribution in [1.82, 2.24) is 0 Å². The Morgan fingerprint density at radius 2 is 0.429 bits per heavy atom. The third-order valence-corrected chi connectivity index (χ3v) is 19.1. The van der Waals surface area contributed by atoms with Gasteiger partial charge in [-0.1, -0.05) is 232 Å². The Bertz CT molecular complexity index is 4240. The molecule has 84 heavy (non-hydrogen) atoms. The first-order valence-corrected chi connectivity index (χ1v) is 31.0. The molecular formula is C80H62N2S2. The van der Waals surface area contributed by atoms with Gasteiger partial charge in [-0.15, -0.1) is 22.7 Å². The second-order valence-electron chi connectivity index (χ2n) is 21.9. The number of thiophene rings is 2. The fourth-order valence-corrected chi connectivity index (χ4v) is 14.2. The van der Waals surface area contributed by atoms with Crippen LogP contribution in [-0.4, -0.2) is 0 Å². The molecule has 14 rings (SSSR count). The third-order valence-electron chi connectivity index (χ3n) is 16.6. The standard InChI is InChI=1S/C80H62N2S2/c1-5-13-57(14-6-1)59-21-25-61(26-22-59)63-29-41-71(42-30-63)81(75-49-37-69(38-50-75)79-55-53-77(83-79)67-17-9-3-10-18-67)73-45-33-65(34-46-73)66-35-47-74(48-36-66)82(76-51-39-70(40-52-76)80-56-54-78(84-80)68-19-11-4-12-20-68)72-43-31-64(32-44-72)62-27-23-60(24-28-62)58-15-7-2-8-16-58/h1-3,5-10,13-18,21-56,68H,4,11-12,19-20H2. The highest BCUT2D eigenvalue weighted by Crippen LogP contribution is 2.44. The van der Waals surface area contributed by atoms with Crippen molar-refractivity contribution < 1.29 is 0 Å². The maximum absolute atomic E-state index is 2.38. The molecular weight excluding hydrogens is 1050 g/mol. The van der Waals surface area contributed by atoms with Gasteiger partial charge in [-0.3, -0.25) is 0 Å². The van der Waals surface area contributed by atoms with Gasteiger partial charge in [0.05, 0.1) is 0 Å². The van der Waals surface area contributed by atoms with E-state index in [4.69, 9.17) is 0 Å². The first kappa shape index (κ1) is 52.5. The maximum atomic E-state index is 2.38. The van der Waals surface area contributed by atoms with Gasteiger partial charge in [-0.05, 0) is 188 Å². The molecule has 1 saturated carbocycles. The van der Waals surface area contributed by atoms with E-state index in [-0.39, 0.29) is 0 Å². The molecule has 404 valence electrons. The molecule has 0 atom stereocenters. The van der Waals surface area contributed by atoms with Crippen molar-refractivity contribution in [3.63, 3.8) is 0 Å². The van der Waals surface area contributed by atoms with Crippen LogP contribution < -0.4 is 9.80 Å². The van der Waals surface area contributed by atoms with Gasteiger partial charge in [-0.25, -0.2) is 0 Å². The van der Waals surface area contributed by atoms with Crippen LogP contribution in [0.5, 0.6) is 0 Å². The number of hydrogen-bond donors (Lipinski definition) is 0. The lowest BCUT2D eigenvalue weighted by molar-refractivity contribution is 0.448. The normalized spacial score (nSPS) is 12.5. The van der Waals surface area contributed by atoms with Crippen LogP contribution in [0, 0.1) is 0 Å². The van der Waals surface area contributed by atoms with Crippen molar-refractivity contribution >= 4 is 56.8 Å². The molecule has 0 saturated heterocycles. The van der Waals surface area contributed by atoms with E-state index in [1.165, 1.54) is 108 Å². The average molecular weight is 1120 g/mol. The van der Waals surface area contributed by atoms with E-state index in [0.29, 0.717) is 5.92 Å². The predicted octanol–water partition coefficient (Wildman–Crippen LogP) is 24.1. The zero-order chi connectivity index (χ0) is 56.0. The van der Waals surface area contributed by atoms with Gasteiger partial charge < -0.3 is 9.80 Å². The van der Waals surface area contributed by atoms with E-state index in [0.717, 1.165) is 45.3 Å². The molecule has 0 N–H and O–H groups in total. The molecule has 0 amide bonds. The van der Waals surface area contributed by atoms with E-state index in [9.17, 15) is 0 Å². The Balaban J connectivity index is 0.756. The third kappa shape index (κ3) is 11.3. The molecule has 13 aromatic rings. The van der Waals surface area contributed by atoms with Crippen LogP contribution in [0.25, 0.3) is 87.0 Å². The van der Waals surface area contributed by atoms with E-state index in [1.54, 1.807) is 4.88 Å². The number of rotatable bonds is 15. The van der Waals surface area contributed by atoms with Crippen molar-refractivity contribution in [3.05, 3.63) is 314 Å². The van der Waals surface area contributed by atoms with Gasteiger partial charge in [0.1, 0.15) is 0 Å². The quantitative estimate of drug-likeness (QED) is 0.101. The summed E-state index contributed by atoms with van der Waals surface area (Å²) < 4.78 is 0. The summed E-state index contributed by atoms with van der Waals surface area (Å²) in [7, 11) is 0. The van der Waals surface area contributed by atoms with Gasteiger partial charge >= 0.3 is 0 Å². The molecule has 2 nitrogen and oxygen atoms in total. The van der Waals surface area contributed by atoms with Gasteiger partial charge in [0.15, 0.2) is 0 Å². The Kier molecular flexibility index (Phi) is 15.1. The highest BCUT2D eigenvalue weighted by Gasteiger charge is 2.20. The zero-order valence-corrected chi connectivity index (χ0v) is 48.4. The van der Waals surface area contributed by atoms with E-state index in [2.05, 4.69) is 319 Å². The molecule has 0 unspecified atom stereocenters. The summed E-state index contributed by atoms with van der Waals surface area (Å²) in [6.07, 6.45) is 6.71. The first-order valence-electron chi connectivity index (χ1n) is 29.4. The summed E-state index contributed by atoms with van der Waals surface area (Å²) in [5, 5.41) is 0. The van der Waals surface area contributed by atoms with Gasteiger partial charge in [0, 0.05) is 53.6 Å². The molecule has 0 spiro atoms. The van der Waals surface area contributed by atoms with Crippen molar-refractivity contribution in [3.8, 4) is 87.0 Å². The molecule has 1 aliphatic rings. The van der Waals surface area contributed by atoms with Gasteiger partial charge in [0.2, 0.25) is 0 Å². The Morgan fingerprint density at radius 1 is 0.202 bits per heavy atom. The van der Waals surface area contributed by atoms with E-state index >= 15 is 0 Å². The van der Waals surface area contributed by atoms with Crippen molar-refractivity contribution in [1.29, 1.82) is 0 Å². The Hall–Kier alpha value is -9.58. The molecule has 2 aromatic heterocycles. The Morgan fingerprint density at radius 3 is 0.738 bits per heavy atom. The van der Waals surface area contributed by atoms with E-state index in [1.807, 2.05) is 22.7 Å². The smallest absolute Gasteiger partial charge is 0.0462 e. The SMILES string of the molecule is c1ccc(-c2ccc(-c3ccc(N(c4ccc(-c5ccc(N(c6ccc(-c7ccc(-c8ccccc8)cc7)cc6)c6ccc(-c7ccc(C8CCCCC8)s7)cc6)cc5)cc4)c4ccc(-c5ccc(-c6ccccc6)s5)cc4)cc3)cc2)cc1. The molecule has 11 aromatic carbocycles. The summed E-state index contributed by atoms with van der Waals surface area (Å²) in [5.41, 5.74) is 22.3. The van der Waals surface area contributed by atoms with Crippen molar-refractivity contribution in [2.45, 2.75) is 38.0 Å². The highest BCUT2D eigenvalue weighted by atomic mass is 32.1. The average Bonchev–Trinajstić information content (AvgIpc) is 4.43. The number of benzene rings is 11. The van der Waals surface area contributed by atoms with E-state index < -0.39 is 0 Å². The molecule has 0 radical (unpaired) electrons. The molecule has 2 heterocycles. The maximum Gasteiger partial charge on any atom is 0.0462 e. The zero-order valence-electron chi connectivity index (χ0n) is 46.8. The number of hydrogen-bond acceptors (Lipinski definition) is 4. The van der Waals surface area contributed by atoms with Crippen LogP contribution in [0.1, 0.15) is 42.9 Å². The minimum Gasteiger partial charge on any atom is -0.311 e. The predicted molar refractivity (Wildman–Crippen MR) is 361 cm³/mol. The molecule has 0 aliphatic heterocycles. The monoisotopic (exact) mass is 1110 g/mol. The number of anilines is 6. The fourth-order valence-electron chi connectivity index (χ4n) is 12.0. The minimum absolute atomic E-state index is 0.710. The summed E-state index contributed by atoms with van der Waals surface area (Å²) in [6, 6.07) is 113. The second-order valence-corrected chi connectivity index (χ2v) is 24.1. The largest absolute Gasteiger partial charge is 0.311 e. The lowest BCUT2D eigenvalue weighted by atomic mass is 9.88. The fraction of sp³-hybridized carbons (Fsp3) is 0.0750. The van der Waals surface area contributed by atoms with Crippen LogP contribution in [0.2, 0.25) is 0 Å². The lowest BCUT2D eigenvalue weighted by Gasteiger charge is -2.27. The Labute approximate surface area is 502 Å². The van der Waals surface area contributed by atoms with Crippen LogP contribution in [0.15, 0.2) is 309 Å². The molecule has 1 aliphatic carbocycles. The second kappa shape index (κ2) is 24.1. The van der Waals surface area contributed by atoms with Crippen molar-refractivity contribution in [2.24, 2.45) is 0 Å². The lowest BCUT2D eigenvalue weighted by Crippen LogP contribution is -2.10. The number of nitrogens with zero attached hydrogens (tertiary/aromatic N) is 2. The van der Waals surface area contributed by atoms with Crippen LogP contribution in [-0.2, 0) is 0 Å². The van der Waals surface area contributed by atoms with Crippen LogP contribution >= 0.6 is 22.7 Å². The van der Waals surface area contributed by atoms with Gasteiger partial charge in [0.25, 0.3) is 0 Å². The summed E-state index contributed by atoms with van der Waals surface area (Å²) in [4.78, 5) is 10.2. The van der Waals surface area contributed by atoms with Gasteiger partial charge in [-0.2, -0.15) is 0 Å². The van der Waals surface area contributed by atoms with Crippen LogP contribution in [0.3, 0.4) is 0 Å². The first-order chi connectivity index (χ1) is 41.6. The summed E-state index contributed by atoms with van der Waals surface area (Å²) >= 11 is 3.81. The minimum atomic E-state index is 0.710. The molecule has 1 fully saturated rings. The molecule has 4 heteroatoms.